The van der Waals surface area contributed by atoms with Gasteiger partial charge in [0, 0.05) is 27.7 Å². The van der Waals surface area contributed by atoms with Crippen molar-refractivity contribution in [3.63, 3.8) is 0 Å². The molecule has 10 heteroatoms. The zero-order valence-corrected chi connectivity index (χ0v) is 14.5. The summed E-state index contributed by atoms with van der Waals surface area (Å²) in [6.07, 6.45) is -4.20. The van der Waals surface area contributed by atoms with Crippen LogP contribution in [0.5, 0.6) is 0 Å². The lowest BCUT2D eigenvalue weighted by molar-refractivity contribution is -0.217. The normalized spacial score (nSPS) is 29.3. The van der Waals surface area contributed by atoms with Crippen molar-refractivity contribution < 1.29 is 38.1 Å². The van der Waals surface area contributed by atoms with Gasteiger partial charge in [0.15, 0.2) is 18.4 Å². The molecule has 1 amide bonds. The Labute approximate surface area is 143 Å². The molecule has 1 aliphatic heterocycles. The summed E-state index contributed by atoms with van der Waals surface area (Å²) in [7, 11) is 0. The van der Waals surface area contributed by atoms with Gasteiger partial charge in [-0.2, -0.15) is 0 Å². The number of carbonyl (C=O) groups excluding carboxylic acids is 4. The maximum atomic E-state index is 11.4. The average Bonchev–Trinajstić information content (AvgIpc) is 2.42. The lowest BCUT2D eigenvalue weighted by atomic mass is 9.99. The summed E-state index contributed by atoms with van der Waals surface area (Å²) in [5, 5.41) is 1.44. The lowest BCUT2D eigenvalue weighted by Crippen LogP contribution is -2.63. The Balaban J connectivity index is 3.08. The van der Waals surface area contributed by atoms with Gasteiger partial charge in [0.1, 0.15) is 18.1 Å². The molecule has 1 saturated heterocycles. The second-order valence-electron chi connectivity index (χ2n) is 5.19. The fourth-order valence-electron chi connectivity index (χ4n) is 2.21. The molecule has 9 nitrogen and oxygen atoms in total. The van der Waals surface area contributed by atoms with Gasteiger partial charge in [-0.15, -0.1) is 11.6 Å². The molecule has 1 aliphatic rings. The summed E-state index contributed by atoms with van der Waals surface area (Å²) in [5.41, 5.74) is 0. The van der Waals surface area contributed by atoms with E-state index < -0.39 is 53.7 Å². The summed E-state index contributed by atoms with van der Waals surface area (Å²) < 4.78 is 20.7. The molecule has 0 bridgehead atoms. The van der Waals surface area contributed by atoms with Gasteiger partial charge in [-0.05, 0) is 0 Å². The molecule has 1 heterocycles. The number of halogens is 1. The quantitative estimate of drug-likeness (QED) is 0.407. The number of alkyl halides is 1. The molecule has 0 radical (unpaired) electrons. The van der Waals surface area contributed by atoms with Crippen LogP contribution < -0.4 is 5.32 Å². The van der Waals surface area contributed by atoms with Gasteiger partial charge in [-0.25, -0.2) is 0 Å². The van der Waals surface area contributed by atoms with E-state index in [1.807, 2.05) is 0 Å². The monoisotopic (exact) mass is 365 g/mol. The van der Waals surface area contributed by atoms with E-state index in [0.717, 1.165) is 6.92 Å². The smallest absolute Gasteiger partial charge is 0.303 e. The molecule has 0 aliphatic carbocycles. The van der Waals surface area contributed by atoms with Crippen molar-refractivity contribution >= 4 is 35.4 Å². The van der Waals surface area contributed by atoms with Crippen LogP contribution in [0.3, 0.4) is 0 Å². The molecule has 0 aromatic heterocycles. The molecule has 0 unspecified atom stereocenters. The maximum Gasteiger partial charge on any atom is 0.303 e. The topological polar surface area (TPSA) is 117 Å². The minimum Gasteiger partial charge on any atom is -0.463 e. The van der Waals surface area contributed by atoms with Crippen LogP contribution in [-0.2, 0) is 38.1 Å². The van der Waals surface area contributed by atoms with Gasteiger partial charge >= 0.3 is 17.9 Å². The first-order valence-electron chi connectivity index (χ1n) is 7.16. The van der Waals surface area contributed by atoms with Crippen LogP contribution in [0.1, 0.15) is 27.7 Å². The van der Waals surface area contributed by atoms with Crippen molar-refractivity contribution in [1.29, 1.82) is 0 Å². The number of hydrogen-bond acceptors (Lipinski definition) is 8. The zero-order chi connectivity index (χ0) is 18.4. The minimum absolute atomic E-state index is 0.273. The third-order valence-corrected chi connectivity index (χ3v) is 3.49. The molecule has 5 atom stereocenters. The first-order valence-corrected chi connectivity index (χ1v) is 7.60. The first kappa shape index (κ1) is 20.2. The zero-order valence-electron chi connectivity index (χ0n) is 13.7. The van der Waals surface area contributed by atoms with Crippen LogP contribution in [0.4, 0.5) is 0 Å². The average molecular weight is 366 g/mol. The van der Waals surface area contributed by atoms with Gasteiger partial charge < -0.3 is 24.3 Å². The van der Waals surface area contributed by atoms with Crippen molar-refractivity contribution in [2.75, 3.05) is 6.61 Å². The summed E-state index contributed by atoms with van der Waals surface area (Å²) >= 11 is 6.23. The Kier molecular flexibility index (Phi) is 7.43. The Hall–Kier alpha value is -1.87. The van der Waals surface area contributed by atoms with E-state index in [-0.39, 0.29) is 6.61 Å². The fourth-order valence-corrected chi connectivity index (χ4v) is 2.53. The van der Waals surface area contributed by atoms with Crippen LogP contribution in [0.15, 0.2) is 0 Å². The van der Waals surface area contributed by atoms with Gasteiger partial charge in [0.25, 0.3) is 0 Å². The third-order valence-electron chi connectivity index (χ3n) is 3.02. The van der Waals surface area contributed by atoms with E-state index in [0.29, 0.717) is 0 Å². The molecular formula is C14H20ClNO8. The molecule has 0 saturated carbocycles. The highest BCUT2D eigenvalue weighted by molar-refractivity contribution is 6.21. The van der Waals surface area contributed by atoms with Crippen molar-refractivity contribution in [3.05, 3.63) is 0 Å². The van der Waals surface area contributed by atoms with E-state index in [2.05, 4.69) is 5.32 Å². The standard InChI is InChI=1S/C14H20ClNO8/c1-6(17)16-14-11(15)13(23-9(4)20)12(22-8(3)19)10(24-14)5-21-7(2)18/h10-14H,5H2,1-4H3,(H,16,17)/t10-,11-,12-,13-,14-/m1/s1. The van der Waals surface area contributed by atoms with E-state index in [9.17, 15) is 19.2 Å². The Morgan fingerprint density at radius 2 is 1.50 bits per heavy atom. The second kappa shape index (κ2) is 8.84. The molecule has 136 valence electrons. The Bertz CT molecular complexity index is 495. The highest BCUT2D eigenvalue weighted by Crippen LogP contribution is 2.29. The lowest BCUT2D eigenvalue weighted by Gasteiger charge is -2.43. The van der Waals surface area contributed by atoms with Crippen molar-refractivity contribution in [2.24, 2.45) is 0 Å². The summed E-state index contributed by atoms with van der Waals surface area (Å²) in [4.78, 5) is 45.0. The molecular weight excluding hydrogens is 346 g/mol. The van der Waals surface area contributed by atoms with Crippen LogP contribution in [0.25, 0.3) is 0 Å². The van der Waals surface area contributed by atoms with Crippen LogP contribution in [-0.4, -0.2) is 60.3 Å². The van der Waals surface area contributed by atoms with E-state index in [4.69, 9.17) is 30.5 Å². The van der Waals surface area contributed by atoms with E-state index in [1.165, 1.54) is 20.8 Å². The molecule has 0 spiro atoms. The number of rotatable bonds is 5. The number of ether oxygens (including phenoxy) is 4. The predicted octanol–water partition coefficient (Wildman–Crippen LogP) is -0.119. The highest BCUT2D eigenvalue weighted by Gasteiger charge is 2.49. The van der Waals surface area contributed by atoms with Crippen molar-refractivity contribution in [1.82, 2.24) is 5.32 Å². The molecule has 1 N–H and O–H groups in total. The Morgan fingerprint density at radius 3 is 1.96 bits per heavy atom. The van der Waals surface area contributed by atoms with Crippen LogP contribution >= 0.6 is 11.6 Å². The van der Waals surface area contributed by atoms with Crippen LogP contribution in [0, 0.1) is 0 Å². The summed E-state index contributed by atoms with van der Waals surface area (Å²) in [6, 6.07) is 0. The van der Waals surface area contributed by atoms with Crippen molar-refractivity contribution in [3.8, 4) is 0 Å². The Morgan fingerprint density at radius 1 is 0.958 bits per heavy atom. The summed E-state index contributed by atoms with van der Waals surface area (Å²) in [6.45, 7) is 4.51. The summed E-state index contributed by atoms with van der Waals surface area (Å²) in [5.74, 6) is -2.31. The first-order chi connectivity index (χ1) is 11.1. The van der Waals surface area contributed by atoms with E-state index >= 15 is 0 Å². The van der Waals surface area contributed by atoms with Gasteiger partial charge in [-0.3, -0.25) is 19.2 Å². The molecule has 1 rings (SSSR count). The van der Waals surface area contributed by atoms with Crippen LogP contribution in [0.2, 0.25) is 0 Å². The fraction of sp³-hybridized carbons (Fsp3) is 0.714. The minimum atomic E-state index is -1.10. The molecule has 1 fully saturated rings. The van der Waals surface area contributed by atoms with Gasteiger partial charge in [0.2, 0.25) is 5.91 Å². The third kappa shape index (κ3) is 5.97. The highest BCUT2D eigenvalue weighted by atomic mass is 35.5. The SMILES string of the molecule is CC(=O)N[C@@H]1O[C@H](COC(C)=O)[C@@H](OC(C)=O)[C@H](OC(C)=O)[C@H]1Cl. The maximum absolute atomic E-state index is 11.4. The largest absolute Gasteiger partial charge is 0.463 e. The number of amides is 1. The molecule has 0 aromatic rings. The number of nitrogens with one attached hydrogen (secondary N) is 1. The molecule has 24 heavy (non-hydrogen) atoms. The van der Waals surface area contributed by atoms with E-state index in [1.54, 1.807) is 0 Å². The number of hydrogen-bond donors (Lipinski definition) is 1. The van der Waals surface area contributed by atoms with Gasteiger partial charge in [-0.1, -0.05) is 0 Å². The van der Waals surface area contributed by atoms with Gasteiger partial charge in [0.05, 0.1) is 0 Å². The number of esters is 3. The number of carbonyl (C=O) groups is 4. The predicted molar refractivity (Wildman–Crippen MR) is 79.9 cm³/mol. The second-order valence-corrected chi connectivity index (χ2v) is 5.69. The molecule has 0 aromatic carbocycles. The van der Waals surface area contributed by atoms with Crippen molar-refractivity contribution in [2.45, 2.75) is 57.6 Å².